The van der Waals surface area contributed by atoms with Gasteiger partial charge >= 0.3 is 0 Å². The van der Waals surface area contributed by atoms with E-state index in [9.17, 15) is 0 Å². The summed E-state index contributed by atoms with van der Waals surface area (Å²) in [6, 6.07) is 0. The second kappa shape index (κ2) is 7.30. The first-order valence-corrected chi connectivity index (χ1v) is 7.05. The monoisotopic (exact) mass is 212 g/mol. The van der Waals surface area contributed by atoms with Crippen LogP contribution in [0.3, 0.4) is 0 Å². The number of rotatable bonds is 8. The van der Waals surface area contributed by atoms with Crippen molar-refractivity contribution in [2.24, 2.45) is 17.3 Å². The van der Waals surface area contributed by atoms with E-state index >= 15 is 0 Å². The highest BCUT2D eigenvalue weighted by atomic mass is 14.4. The largest absolute Gasteiger partial charge is 0.0654 e. The molecule has 0 amide bonds. The normalized spacial score (nSPS) is 16.4. The molecule has 0 bridgehead atoms. The fourth-order valence-electron chi connectivity index (χ4n) is 3.50. The SMILES string of the molecule is CCCC(C)(CCC)C(CC)C(C)CC. The molecule has 0 spiro atoms. The van der Waals surface area contributed by atoms with Crippen molar-refractivity contribution in [2.75, 3.05) is 0 Å². The standard InChI is InChI=1S/C15H32/c1-7-11-15(6,12-8-2)14(10-4)13(5)9-3/h13-14H,7-12H2,1-6H3. The highest BCUT2D eigenvalue weighted by molar-refractivity contribution is 4.84. The van der Waals surface area contributed by atoms with Gasteiger partial charge in [0, 0.05) is 0 Å². The van der Waals surface area contributed by atoms with Crippen molar-refractivity contribution in [3.63, 3.8) is 0 Å². The lowest BCUT2D eigenvalue weighted by molar-refractivity contribution is 0.0937. The molecule has 0 heteroatoms. The smallest absolute Gasteiger partial charge is 0.0295 e. The third-order valence-electron chi connectivity index (χ3n) is 4.31. The summed E-state index contributed by atoms with van der Waals surface area (Å²) in [5.74, 6) is 1.81. The molecule has 2 unspecified atom stereocenters. The quantitative estimate of drug-likeness (QED) is 0.486. The summed E-state index contributed by atoms with van der Waals surface area (Å²) in [6.07, 6.45) is 8.17. The average molecular weight is 212 g/mol. The van der Waals surface area contributed by atoms with Crippen LogP contribution in [0.1, 0.15) is 80.1 Å². The molecule has 0 heterocycles. The Labute approximate surface area is 97.8 Å². The summed E-state index contributed by atoms with van der Waals surface area (Å²) in [5.41, 5.74) is 0.591. The van der Waals surface area contributed by atoms with Gasteiger partial charge in [-0.25, -0.2) is 0 Å². The zero-order chi connectivity index (χ0) is 11.9. The van der Waals surface area contributed by atoms with Gasteiger partial charge in [-0.1, -0.05) is 67.2 Å². The lowest BCUT2D eigenvalue weighted by atomic mass is 9.64. The van der Waals surface area contributed by atoms with E-state index in [-0.39, 0.29) is 0 Å². The van der Waals surface area contributed by atoms with E-state index in [1.54, 1.807) is 0 Å². The van der Waals surface area contributed by atoms with Crippen LogP contribution in [-0.2, 0) is 0 Å². The van der Waals surface area contributed by atoms with Gasteiger partial charge in [0.15, 0.2) is 0 Å². The topological polar surface area (TPSA) is 0 Å². The number of hydrogen-bond donors (Lipinski definition) is 0. The molecule has 92 valence electrons. The van der Waals surface area contributed by atoms with Crippen LogP contribution in [0.15, 0.2) is 0 Å². The van der Waals surface area contributed by atoms with Gasteiger partial charge in [-0.05, 0) is 30.1 Å². The van der Waals surface area contributed by atoms with Crippen LogP contribution in [0.5, 0.6) is 0 Å². The van der Waals surface area contributed by atoms with E-state index < -0.39 is 0 Å². The third-order valence-corrected chi connectivity index (χ3v) is 4.31. The molecule has 0 saturated heterocycles. The fourth-order valence-corrected chi connectivity index (χ4v) is 3.50. The van der Waals surface area contributed by atoms with Crippen molar-refractivity contribution in [3.8, 4) is 0 Å². The van der Waals surface area contributed by atoms with Crippen LogP contribution in [-0.4, -0.2) is 0 Å². The van der Waals surface area contributed by atoms with Crippen LogP contribution in [0.2, 0.25) is 0 Å². The molecule has 0 aliphatic heterocycles. The summed E-state index contributed by atoms with van der Waals surface area (Å²) >= 11 is 0. The molecule has 0 saturated carbocycles. The summed E-state index contributed by atoms with van der Waals surface area (Å²) in [7, 11) is 0. The second-order valence-electron chi connectivity index (χ2n) is 5.55. The van der Waals surface area contributed by atoms with E-state index in [1.165, 1.54) is 38.5 Å². The average Bonchev–Trinajstić information content (AvgIpc) is 2.19. The minimum Gasteiger partial charge on any atom is -0.0654 e. The molecule has 0 aliphatic rings. The lowest BCUT2D eigenvalue weighted by Gasteiger charge is -2.41. The molecule has 0 fully saturated rings. The van der Waals surface area contributed by atoms with Gasteiger partial charge in [0.2, 0.25) is 0 Å². The minimum absolute atomic E-state index is 0.591. The molecule has 0 aromatic heterocycles. The highest BCUT2D eigenvalue weighted by Gasteiger charge is 2.33. The molecular formula is C15H32. The van der Waals surface area contributed by atoms with Crippen LogP contribution in [0.4, 0.5) is 0 Å². The van der Waals surface area contributed by atoms with Gasteiger partial charge in [-0.2, -0.15) is 0 Å². The molecule has 2 atom stereocenters. The van der Waals surface area contributed by atoms with Crippen LogP contribution in [0.25, 0.3) is 0 Å². The summed E-state index contributed by atoms with van der Waals surface area (Å²) in [5, 5.41) is 0. The zero-order valence-electron chi connectivity index (χ0n) is 11.9. The Morgan fingerprint density at radius 1 is 0.867 bits per heavy atom. The Kier molecular flexibility index (Phi) is 7.30. The predicted molar refractivity (Wildman–Crippen MR) is 71.2 cm³/mol. The molecule has 0 N–H and O–H groups in total. The van der Waals surface area contributed by atoms with Crippen LogP contribution in [0, 0.1) is 17.3 Å². The fraction of sp³-hybridized carbons (Fsp3) is 1.00. The van der Waals surface area contributed by atoms with Crippen molar-refractivity contribution in [1.82, 2.24) is 0 Å². The van der Waals surface area contributed by atoms with Crippen molar-refractivity contribution < 1.29 is 0 Å². The van der Waals surface area contributed by atoms with Crippen molar-refractivity contribution in [3.05, 3.63) is 0 Å². The molecule has 0 aromatic rings. The maximum Gasteiger partial charge on any atom is -0.0295 e. The zero-order valence-corrected chi connectivity index (χ0v) is 11.9. The van der Waals surface area contributed by atoms with Gasteiger partial charge in [-0.15, -0.1) is 0 Å². The molecule has 15 heavy (non-hydrogen) atoms. The number of hydrogen-bond acceptors (Lipinski definition) is 0. The summed E-state index contributed by atoms with van der Waals surface area (Å²) < 4.78 is 0. The Balaban J connectivity index is 4.67. The Bertz CT molecular complexity index is 142. The van der Waals surface area contributed by atoms with Crippen molar-refractivity contribution in [2.45, 2.75) is 80.1 Å². The first kappa shape index (κ1) is 15.0. The van der Waals surface area contributed by atoms with E-state index in [2.05, 4.69) is 41.5 Å². The summed E-state index contributed by atoms with van der Waals surface area (Å²) in [6.45, 7) is 14.3. The molecular weight excluding hydrogens is 180 g/mol. The Morgan fingerprint density at radius 2 is 1.33 bits per heavy atom. The maximum atomic E-state index is 2.53. The predicted octanol–water partition coefficient (Wildman–Crippen LogP) is 5.67. The third kappa shape index (κ3) is 4.17. The lowest BCUT2D eigenvalue weighted by Crippen LogP contribution is -2.31. The molecule has 0 aliphatic carbocycles. The first-order valence-electron chi connectivity index (χ1n) is 7.05. The van der Waals surface area contributed by atoms with E-state index in [0.717, 1.165) is 11.8 Å². The van der Waals surface area contributed by atoms with E-state index in [0.29, 0.717) is 5.41 Å². The van der Waals surface area contributed by atoms with E-state index in [4.69, 9.17) is 0 Å². The second-order valence-corrected chi connectivity index (χ2v) is 5.55. The van der Waals surface area contributed by atoms with Crippen molar-refractivity contribution in [1.29, 1.82) is 0 Å². The van der Waals surface area contributed by atoms with Gasteiger partial charge in [-0.3, -0.25) is 0 Å². The van der Waals surface area contributed by atoms with Gasteiger partial charge in [0.25, 0.3) is 0 Å². The van der Waals surface area contributed by atoms with Gasteiger partial charge in [0.05, 0.1) is 0 Å². The molecule has 0 radical (unpaired) electrons. The molecule has 0 rings (SSSR count). The molecule has 0 nitrogen and oxygen atoms in total. The van der Waals surface area contributed by atoms with Crippen molar-refractivity contribution >= 4 is 0 Å². The first-order chi connectivity index (χ1) is 7.05. The Morgan fingerprint density at radius 3 is 1.60 bits per heavy atom. The Hall–Kier alpha value is 0. The highest BCUT2D eigenvalue weighted by Crippen LogP contribution is 2.43. The van der Waals surface area contributed by atoms with Crippen LogP contribution >= 0.6 is 0 Å². The minimum atomic E-state index is 0.591. The summed E-state index contributed by atoms with van der Waals surface area (Å²) in [4.78, 5) is 0. The van der Waals surface area contributed by atoms with Gasteiger partial charge < -0.3 is 0 Å². The van der Waals surface area contributed by atoms with Gasteiger partial charge in [0.1, 0.15) is 0 Å². The van der Waals surface area contributed by atoms with Crippen LogP contribution < -0.4 is 0 Å². The van der Waals surface area contributed by atoms with E-state index in [1.807, 2.05) is 0 Å². The molecule has 0 aromatic carbocycles. The maximum absolute atomic E-state index is 2.53.